The van der Waals surface area contributed by atoms with Gasteiger partial charge in [-0.25, -0.2) is 8.78 Å². The molecule has 88 valence electrons. The third kappa shape index (κ3) is 3.03. The van der Waals surface area contributed by atoms with Gasteiger partial charge in [0, 0.05) is 10.0 Å². The Bertz CT molecular complexity index is 511. The predicted octanol–water partition coefficient (Wildman–Crippen LogP) is 4.31. The second-order valence-electron chi connectivity index (χ2n) is 3.46. The smallest absolute Gasteiger partial charge is 0.165 e. The summed E-state index contributed by atoms with van der Waals surface area (Å²) in [5.41, 5.74) is 0.202. The van der Waals surface area contributed by atoms with E-state index in [1.807, 2.05) is 12.1 Å². The van der Waals surface area contributed by atoms with Crippen molar-refractivity contribution in [1.82, 2.24) is 0 Å². The van der Waals surface area contributed by atoms with Gasteiger partial charge in [-0.15, -0.1) is 0 Å². The highest BCUT2D eigenvalue weighted by Gasteiger charge is 2.07. The first kappa shape index (κ1) is 12.0. The Morgan fingerprint density at radius 2 is 1.71 bits per heavy atom. The topological polar surface area (TPSA) is 9.23 Å². The highest BCUT2D eigenvalue weighted by atomic mass is 79.9. The van der Waals surface area contributed by atoms with Gasteiger partial charge in [0.2, 0.25) is 0 Å². The normalized spacial score (nSPS) is 10.3. The first-order chi connectivity index (χ1) is 8.16. The number of hydrogen-bond acceptors (Lipinski definition) is 1. The van der Waals surface area contributed by atoms with Crippen LogP contribution in [0.15, 0.2) is 46.9 Å². The molecule has 0 bridgehead atoms. The average Bonchev–Trinajstić information content (AvgIpc) is 2.33. The zero-order chi connectivity index (χ0) is 12.3. The lowest BCUT2D eigenvalue weighted by molar-refractivity contribution is 0.297. The lowest BCUT2D eigenvalue weighted by Crippen LogP contribution is -2.00. The molecule has 0 aliphatic carbocycles. The molecule has 2 aromatic carbocycles. The van der Waals surface area contributed by atoms with E-state index in [4.69, 9.17) is 4.74 Å². The van der Waals surface area contributed by atoms with Crippen LogP contribution in [-0.2, 0) is 6.61 Å². The van der Waals surface area contributed by atoms with E-state index in [-0.39, 0.29) is 12.2 Å². The fourth-order valence-electron chi connectivity index (χ4n) is 1.35. The van der Waals surface area contributed by atoms with Crippen molar-refractivity contribution in [1.29, 1.82) is 0 Å². The third-order valence-electron chi connectivity index (χ3n) is 2.24. The Morgan fingerprint density at radius 3 is 2.41 bits per heavy atom. The largest absolute Gasteiger partial charge is 0.489 e. The molecule has 0 saturated heterocycles. The van der Waals surface area contributed by atoms with Crippen LogP contribution >= 0.6 is 15.9 Å². The maximum atomic E-state index is 13.3. The van der Waals surface area contributed by atoms with Crippen molar-refractivity contribution < 1.29 is 13.5 Å². The highest BCUT2D eigenvalue weighted by molar-refractivity contribution is 9.10. The van der Waals surface area contributed by atoms with Gasteiger partial charge in [-0.05, 0) is 30.3 Å². The summed E-state index contributed by atoms with van der Waals surface area (Å²) in [4.78, 5) is 0. The summed E-state index contributed by atoms with van der Waals surface area (Å²) in [5.74, 6) is -1.11. The SMILES string of the molecule is Fc1cccc(COc2ccc(Br)cc2)c1F. The minimum atomic E-state index is -0.859. The molecule has 0 amide bonds. The van der Waals surface area contributed by atoms with Gasteiger partial charge in [0.25, 0.3) is 0 Å². The highest BCUT2D eigenvalue weighted by Crippen LogP contribution is 2.18. The molecule has 1 nitrogen and oxygen atoms in total. The molecule has 0 aliphatic rings. The van der Waals surface area contributed by atoms with Crippen LogP contribution in [-0.4, -0.2) is 0 Å². The number of rotatable bonds is 3. The van der Waals surface area contributed by atoms with Gasteiger partial charge in [0.1, 0.15) is 12.4 Å². The molecule has 0 unspecified atom stereocenters. The van der Waals surface area contributed by atoms with Crippen molar-refractivity contribution in [3.63, 3.8) is 0 Å². The van der Waals surface area contributed by atoms with Crippen LogP contribution in [0.5, 0.6) is 5.75 Å². The molecule has 0 spiro atoms. The van der Waals surface area contributed by atoms with Gasteiger partial charge in [0.15, 0.2) is 11.6 Å². The Labute approximate surface area is 106 Å². The maximum Gasteiger partial charge on any atom is 0.165 e. The Balaban J connectivity index is 2.07. The summed E-state index contributed by atoms with van der Waals surface area (Å²) in [6.07, 6.45) is 0. The molecule has 0 saturated carbocycles. The summed E-state index contributed by atoms with van der Waals surface area (Å²) < 4.78 is 32.5. The molecule has 2 rings (SSSR count). The van der Waals surface area contributed by atoms with Crippen LogP contribution in [0.1, 0.15) is 5.56 Å². The van der Waals surface area contributed by atoms with Crippen LogP contribution in [0.4, 0.5) is 8.78 Å². The number of benzene rings is 2. The van der Waals surface area contributed by atoms with E-state index in [2.05, 4.69) is 15.9 Å². The van der Waals surface area contributed by atoms with Crippen molar-refractivity contribution in [3.05, 3.63) is 64.1 Å². The monoisotopic (exact) mass is 298 g/mol. The Morgan fingerprint density at radius 1 is 1.00 bits per heavy atom. The van der Waals surface area contributed by atoms with Crippen LogP contribution in [0.25, 0.3) is 0 Å². The first-order valence-electron chi connectivity index (χ1n) is 4.98. The minimum Gasteiger partial charge on any atom is -0.489 e. The lowest BCUT2D eigenvalue weighted by atomic mass is 10.2. The Hall–Kier alpha value is -1.42. The van der Waals surface area contributed by atoms with E-state index in [1.165, 1.54) is 12.1 Å². The van der Waals surface area contributed by atoms with Crippen LogP contribution in [0.3, 0.4) is 0 Å². The van der Waals surface area contributed by atoms with Crippen LogP contribution < -0.4 is 4.74 Å². The van der Waals surface area contributed by atoms with E-state index in [9.17, 15) is 8.78 Å². The predicted molar refractivity (Wildman–Crippen MR) is 64.8 cm³/mol. The average molecular weight is 299 g/mol. The maximum absolute atomic E-state index is 13.3. The molecule has 17 heavy (non-hydrogen) atoms. The summed E-state index contributed by atoms with van der Waals surface area (Å²) in [6.45, 7) is 0.00518. The summed E-state index contributed by atoms with van der Waals surface area (Å²) in [6, 6.07) is 11.2. The van der Waals surface area contributed by atoms with E-state index in [0.717, 1.165) is 10.5 Å². The number of halogens is 3. The molecule has 2 aromatic rings. The van der Waals surface area contributed by atoms with Gasteiger partial charge in [-0.3, -0.25) is 0 Å². The van der Waals surface area contributed by atoms with Crippen molar-refractivity contribution >= 4 is 15.9 Å². The molecule has 0 atom stereocenters. The number of hydrogen-bond donors (Lipinski definition) is 0. The van der Waals surface area contributed by atoms with Gasteiger partial charge < -0.3 is 4.74 Å². The molecular formula is C13H9BrF2O. The summed E-state index contributed by atoms with van der Waals surface area (Å²) in [5, 5.41) is 0. The van der Waals surface area contributed by atoms with Crippen molar-refractivity contribution in [2.45, 2.75) is 6.61 Å². The summed E-state index contributed by atoms with van der Waals surface area (Å²) in [7, 11) is 0. The molecule has 0 heterocycles. The molecular weight excluding hydrogens is 290 g/mol. The van der Waals surface area contributed by atoms with Gasteiger partial charge >= 0.3 is 0 Å². The van der Waals surface area contributed by atoms with E-state index in [1.54, 1.807) is 12.1 Å². The number of ether oxygens (including phenoxy) is 1. The van der Waals surface area contributed by atoms with Crippen LogP contribution in [0.2, 0.25) is 0 Å². The Kier molecular flexibility index (Phi) is 3.74. The van der Waals surface area contributed by atoms with E-state index < -0.39 is 11.6 Å². The third-order valence-corrected chi connectivity index (χ3v) is 2.77. The van der Waals surface area contributed by atoms with E-state index >= 15 is 0 Å². The van der Waals surface area contributed by atoms with Crippen LogP contribution in [0, 0.1) is 11.6 Å². The van der Waals surface area contributed by atoms with Gasteiger partial charge in [-0.1, -0.05) is 28.1 Å². The zero-order valence-electron chi connectivity index (χ0n) is 8.79. The van der Waals surface area contributed by atoms with Gasteiger partial charge in [0.05, 0.1) is 0 Å². The molecule has 0 aromatic heterocycles. The molecule has 0 radical (unpaired) electrons. The molecule has 4 heteroatoms. The fraction of sp³-hybridized carbons (Fsp3) is 0.0769. The van der Waals surface area contributed by atoms with Gasteiger partial charge in [-0.2, -0.15) is 0 Å². The van der Waals surface area contributed by atoms with Crippen molar-refractivity contribution in [3.8, 4) is 5.75 Å². The lowest BCUT2D eigenvalue weighted by Gasteiger charge is -2.07. The zero-order valence-corrected chi connectivity index (χ0v) is 10.4. The molecule has 0 aliphatic heterocycles. The molecule has 0 fully saturated rings. The second-order valence-corrected chi connectivity index (χ2v) is 4.37. The van der Waals surface area contributed by atoms with Crippen molar-refractivity contribution in [2.75, 3.05) is 0 Å². The van der Waals surface area contributed by atoms with E-state index in [0.29, 0.717) is 5.75 Å². The molecule has 0 N–H and O–H groups in total. The minimum absolute atomic E-state index is 0.00518. The van der Waals surface area contributed by atoms with Crippen molar-refractivity contribution in [2.24, 2.45) is 0 Å². The second kappa shape index (κ2) is 5.27. The standard InChI is InChI=1S/C13H9BrF2O/c14-10-4-6-11(7-5-10)17-8-9-2-1-3-12(15)13(9)16/h1-7H,8H2. The first-order valence-corrected chi connectivity index (χ1v) is 5.77. The quantitative estimate of drug-likeness (QED) is 0.820. The summed E-state index contributed by atoms with van der Waals surface area (Å²) >= 11 is 3.30. The fourth-order valence-corrected chi connectivity index (χ4v) is 1.62.